The largest absolute Gasteiger partial charge is 0.355 e. The molecule has 1 saturated heterocycles. The van der Waals surface area contributed by atoms with Gasteiger partial charge in [0, 0.05) is 36.6 Å². The lowest BCUT2D eigenvalue weighted by Gasteiger charge is -2.34. The molecule has 1 aliphatic heterocycles. The summed E-state index contributed by atoms with van der Waals surface area (Å²) in [6.07, 6.45) is 8.15. The molecular weight excluding hydrogens is 384 g/mol. The monoisotopic (exact) mass is 420 g/mol. The molecule has 1 aromatic heterocycles. The van der Waals surface area contributed by atoms with Gasteiger partial charge in [-0.2, -0.15) is 10.2 Å². The van der Waals surface area contributed by atoms with Gasteiger partial charge in [-0.3, -0.25) is 0 Å². The summed E-state index contributed by atoms with van der Waals surface area (Å²) in [6.45, 7) is 9.47. The number of benzene rings is 1. The Labute approximate surface area is 187 Å². The molecule has 0 amide bonds. The maximum Gasteiger partial charge on any atom is 0.229 e. The summed E-state index contributed by atoms with van der Waals surface area (Å²) >= 11 is 0. The first-order chi connectivity index (χ1) is 15.1. The second-order valence-corrected chi connectivity index (χ2v) is 8.50. The van der Waals surface area contributed by atoms with E-state index in [1.165, 1.54) is 32.1 Å². The van der Waals surface area contributed by atoms with Crippen molar-refractivity contribution in [3.8, 4) is 6.07 Å². The Kier molecular flexibility index (Phi) is 8.66. The highest BCUT2D eigenvalue weighted by molar-refractivity contribution is 5.59. The van der Waals surface area contributed by atoms with E-state index in [9.17, 15) is 5.26 Å². The van der Waals surface area contributed by atoms with Gasteiger partial charge in [-0.15, -0.1) is 0 Å². The number of anilines is 3. The van der Waals surface area contributed by atoms with Gasteiger partial charge in [0.2, 0.25) is 5.95 Å². The molecule has 6 nitrogen and oxygen atoms in total. The highest BCUT2D eigenvalue weighted by atomic mass is 15.2. The number of nitrogens with one attached hydrogen (secondary N) is 2. The van der Waals surface area contributed by atoms with E-state index in [-0.39, 0.29) is 0 Å². The molecule has 0 saturated carbocycles. The molecule has 1 fully saturated rings. The molecule has 6 heteroatoms. The van der Waals surface area contributed by atoms with Crippen molar-refractivity contribution < 1.29 is 0 Å². The third kappa shape index (κ3) is 6.67. The zero-order valence-corrected chi connectivity index (χ0v) is 19.2. The maximum absolute atomic E-state index is 9.33. The number of aryl methyl sites for hydroxylation is 2. The Bertz CT molecular complexity index is 888. The van der Waals surface area contributed by atoms with Gasteiger partial charge in [-0.25, -0.2) is 4.98 Å². The van der Waals surface area contributed by atoms with Gasteiger partial charge in [0.25, 0.3) is 0 Å². The van der Waals surface area contributed by atoms with E-state index in [4.69, 9.17) is 9.97 Å². The van der Waals surface area contributed by atoms with Gasteiger partial charge in [0.1, 0.15) is 5.82 Å². The summed E-state index contributed by atoms with van der Waals surface area (Å²) in [7, 11) is 0. The van der Waals surface area contributed by atoms with E-state index in [0.717, 1.165) is 55.2 Å². The van der Waals surface area contributed by atoms with Crippen molar-refractivity contribution in [2.24, 2.45) is 0 Å². The van der Waals surface area contributed by atoms with Crippen LogP contribution in [-0.2, 0) is 6.42 Å². The predicted molar refractivity (Wildman–Crippen MR) is 128 cm³/mol. The van der Waals surface area contributed by atoms with E-state index in [1.54, 1.807) is 0 Å². The molecule has 1 aromatic carbocycles. The fourth-order valence-corrected chi connectivity index (χ4v) is 4.07. The minimum Gasteiger partial charge on any atom is -0.355 e. The fraction of sp³-hybridized carbons (Fsp3) is 0.560. The van der Waals surface area contributed by atoms with Gasteiger partial charge >= 0.3 is 0 Å². The van der Waals surface area contributed by atoms with E-state index in [2.05, 4.69) is 41.5 Å². The van der Waals surface area contributed by atoms with Crippen LogP contribution in [0.2, 0.25) is 0 Å². The first-order valence-corrected chi connectivity index (χ1v) is 11.8. The highest BCUT2D eigenvalue weighted by Crippen LogP contribution is 2.23. The van der Waals surface area contributed by atoms with Crippen LogP contribution in [0.4, 0.5) is 17.5 Å². The summed E-state index contributed by atoms with van der Waals surface area (Å²) in [5, 5.41) is 16.4. The van der Waals surface area contributed by atoms with Crippen molar-refractivity contribution in [2.45, 2.75) is 71.8 Å². The van der Waals surface area contributed by atoms with Crippen molar-refractivity contribution in [1.29, 1.82) is 5.26 Å². The Morgan fingerprint density at radius 1 is 1.16 bits per heavy atom. The van der Waals surface area contributed by atoms with E-state index in [1.807, 2.05) is 25.1 Å². The Morgan fingerprint density at radius 2 is 2.03 bits per heavy atom. The molecule has 1 aliphatic rings. The molecule has 0 aliphatic carbocycles. The average molecular weight is 421 g/mol. The van der Waals surface area contributed by atoms with Crippen molar-refractivity contribution in [1.82, 2.24) is 15.3 Å². The van der Waals surface area contributed by atoms with Crippen LogP contribution in [0.1, 0.15) is 69.2 Å². The van der Waals surface area contributed by atoms with Crippen LogP contribution in [0, 0.1) is 18.3 Å². The number of unbranched alkanes of at least 4 members (excludes halogenated alkanes) is 2. The molecule has 2 heterocycles. The third-order valence-corrected chi connectivity index (χ3v) is 5.84. The van der Waals surface area contributed by atoms with Crippen molar-refractivity contribution in [3.05, 3.63) is 41.1 Å². The first kappa shape index (κ1) is 23.0. The highest BCUT2D eigenvalue weighted by Gasteiger charge is 2.21. The molecule has 166 valence electrons. The number of nitrogens with zero attached hydrogens (tertiary/aromatic N) is 4. The van der Waals surface area contributed by atoms with Crippen LogP contribution in [0.5, 0.6) is 0 Å². The molecule has 2 aromatic rings. The van der Waals surface area contributed by atoms with Gasteiger partial charge in [0.15, 0.2) is 0 Å². The third-order valence-electron chi connectivity index (χ3n) is 5.84. The summed E-state index contributed by atoms with van der Waals surface area (Å²) in [4.78, 5) is 12.0. The number of hydrogen-bond donors (Lipinski definition) is 2. The van der Waals surface area contributed by atoms with Gasteiger partial charge < -0.3 is 15.5 Å². The second kappa shape index (κ2) is 11.7. The molecule has 31 heavy (non-hydrogen) atoms. The SMILES string of the molecule is CCCCCNC1CCCN(c2cc(CCC)nc(Nc3ccc(C)c(C#N)c3)n2)C1. The molecule has 1 atom stereocenters. The second-order valence-electron chi connectivity index (χ2n) is 8.50. The zero-order valence-electron chi connectivity index (χ0n) is 19.2. The normalized spacial score (nSPS) is 16.2. The van der Waals surface area contributed by atoms with Crippen LogP contribution >= 0.6 is 0 Å². The van der Waals surface area contributed by atoms with Gasteiger partial charge in [0.05, 0.1) is 11.6 Å². The molecule has 1 unspecified atom stereocenters. The Balaban J connectivity index is 1.75. The van der Waals surface area contributed by atoms with Gasteiger partial charge in [-0.1, -0.05) is 39.2 Å². The number of piperidine rings is 1. The average Bonchev–Trinajstić information content (AvgIpc) is 2.78. The lowest BCUT2D eigenvalue weighted by molar-refractivity contribution is 0.416. The summed E-state index contributed by atoms with van der Waals surface area (Å²) < 4.78 is 0. The van der Waals surface area contributed by atoms with Gasteiger partial charge in [-0.05, 0) is 56.8 Å². The lowest BCUT2D eigenvalue weighted by atomic mass is 10.1. The molecule has 0 bridgehead atoms. The van der Waals surface area contributed by atoms with E-state index < -0.39 is 0 Å². The fourth-order valence-electron chi connectivity index (χ4n) is 4.07. The molecule has 0 radical (unpaired) electrons. The number of hydrogen-bond acceptors (Lipinski definition) is 6. The topological polar surface area (TPSA) is 76.9 Å². The van der Waals surface area contributed by atoms with Crippen molar-refractivity contribution in [2.75, 3.05) is 29.9 Å². The van der Waals surface area contributed by atoms with Crippen molar-refractivity contribution >= 4 is 17.5 Å². The standard InChI is InChI=1S/C25H36N6/c1-4-6-7-13-27-23-10-8-14-31(18-23)24-16-21(9-5-2)28-25(30-24)29-22-12-11-19(3)20(15-22)17-26/h11-12,15-16,23,27H,4-10,13-14,18H2,1-3H3,(H,28,29,30). The van der Waals surface area contributed by atoms with Crippen LogP contribution in [0.25, 0.3) is 0 Å². The quantitative estimate of drug-likeness (QED) is 0.521. The summed E-state index contributed by atoms with van der Waals surface area (Å²) in [6, 6.07) is 10.7. The first-order valence-electron chi connectivity index (χ1n) is 11.8. The number of nitriles is 1. The van der Waals surface area contributed by atoms with E-state index >= 15 is 0 Å². The van der Waals surface area contributed by atoms with E-state index in [0.29, 0.717) is 17.6 Å². The van der Waals surface area contributed by atoms with Crippen LogP contribution < -0.4 is 15.5 Å². The van der Waals surface area contributed by atoms with Crippen molar-refractivity contribution in [3.63, 3.8) is 0 Å². The maximum atomic E-state index is 9.33. The molecular formula is C25H36N6. The minimum atomic E-state index is 0.516. The summed E-state index contributed by atoms with van der Waals surface area (Å²) in [5.41, 5.74) is 3.54. The van der Waals surface area contributed by atoms with Crippen LogP contribution in [0.3, 0.4) is 0 Å². The minimum absolute atomic E-state index is 0.516. The van der Waals surface area contributed by atoms with Crippen LogP contribution in [-0.4, -0.2) is 35.6 Å². The predicted octanol–water partition coefficient (Wildman–Crippen LogP) is 5.10. The molecule has 3 rings (SSSR count). The Morgan fingerprint density at radius 3 is 2.81 bits per heavy atom. The lowest BCUT2D eigenvalue weighted by Crippen LogP contribution is -2.46. The number of rotatable bonds is 10. The Hall–Kier alpha value is -2.65. The zero-order chi connectivity index (χ0) is 22.1. The molecule has 0 spiro atoms. The smallest absolute Gasteiger partial charge is 0.229 e. The van der Waals surface area contributed by atoms with Crippen LogP contribution in [0.15, 0.2) is 24.3 Å². The number of aromatic nitrogens is 2. The molecule has 2 N–H and O–H groups in total. The summed E-state index contributed by atoms with van der Waals surface area (Å²) in [5.74, 6) is 1.60.